The van der Waals surface area contributed by atoms with Crippen molar-refractivity contribution in [2.75, 3.05) is 0 Å². The smallest absolute Gasteiger partial charge is 0.113 e. The van der Waals surface area contributed by atoms with Gasteiger partial charge in [-0.3, -0.25) is 0 Å². The number of alkyl halides is 3. The third-order valence-electron chi connectivity index (χ3n) is 2.56. The molecule has 0 bridgehead atoms. The molecule has 1 unspecified atom stereocenters. The van der Waals surface area contributed by atoms with E-state index in [-0.39, 0.29) is 15.1 Å². The lowest BCUT2D eigenvalue weighted by Crippen LogP contribution is -2.32. The lowest BCUT2D eigenvalue weighted by molar-refractivity contribution is 0.966. The van der Waals surface area contributed by atoms with Gasteiger partial charge in [-0.15, -0.1) is 11.6 Å². The van der Waals surface area contributed by atoms with Gasteiger partial charge in [0, 0.05) is 5.57 Å². The van der Waals surface area contributed by atoms with Crippen LogP contribution in [0.3, 0.4) is 0 Å². The number of hydrogen-bond acceptors (Lipinski definition) is 0. The van der Waals surface area contributed by atoms with Gasteiger partial charge in [-0.25, -0.2) is 0 Å². The van der Waals surface area contributed by atoms with E-state index < -0.39 is 9.71 Å². The Hall–Kier alpha value is 0.440. The van der Waals surface area contributed by atoms with E-state index in [1.165, 1.54) is 0 Å². The fraction of sp³-hybridized carbons (Fsp3) is 0.167. The third kappa shape index (κ3) is 2.40. The van der Waals surface area contributed by atoms with Crippen LogP contribution in [0.15, 0.2) is 45.4 Å². The zero-order valence-electron chi connectivity index (χ0n) is 8.73. The van der Waals surface area contributed by atoms with Crippen LogP contribution in [0.5, 0.6) is 0 Å². The third-order valence-corrected chi connectivity index (χ3v) is 5.62. The van der Waals surface area contributed by atoms with E-state index in [2.05, 4.69) is 0 Å². The molecule has 0 nitrogen and oxygen atoms in total. The van der Waals surface area contributed by atoms with Gasteiger partial charge in [0.25, 0.3) is 0 Å². The summed E-state index contributed by atoms with van der Waals surface area (Å²) in [6.45, 7) is 0. The lowest BCUT2D eigenvalue weighted by Gasteiger charge is -2.33. The van der Waals surface area contributed by atoms with Gasteiger partial charge in [0.05, 0.1) is 15.1 Å². The van der Waals surface area contributed by atoms with E-state index in [9.17, 15) is 0 Å². The molecule has 0 spiro atoms. The Morgan fingerprint density at radius 3 is 2.00 bits per heavy atom. The minimum absolute atomic E-state index is 0.146. The Balaban J connectivity index is 2.69. The number of halogens is 6. The summed E-state index contributed by atoms with van der Waals surface area (Å²) >= 11 is 36.9. The molecule has 1 aromatic carbocycles. The lowest BCUT2D eigenvalue weighted by atomic mass is 9.95. The van der Waals surface area contributed by atoms with Crippen LogP contribution >= 0.6 is 69.6 Å². The molecule has 1 aromatic rings. The Morgan fingerprint density at radius 2 is 1.44 bits per heavy atom. The van der Waals surface area contributed by atoms with Crippen molar-refractivity contribution in [1.29, 1.82) is 0 Å². The molecule has 2 rings (SSSR count). The molecule has 18 heavy (non-hydrogen) atoms. The van der Waals surface area contributed by atoms with Crippen molar-refractivity contribution in [3.05, 3.63) is 51.0 Å². The number of rotatable bonds is 1. The van der Waals surface area contributed by atoms with Gasteiger partial charge < -0.3 is 0 Å². The summed E-state index contributed by atoms with van der Waals surface area (Å²) in [7, 11) is 0. The van der Waals surface area contributed by atoms with Gasteiger partial charge in [-0.1, -0.05) is 88.3 Å². The van der Waals surface area contributed by atoms with E-state index in [1.54, 1.807) is 0 Å². The van der Waals surface area contributed by atoms with Crippen molar-refractivity contribution in [1.82, 2.24) is 0 Å². The Labute approximate surface area is 135 Å². The first kappa shape index (κ1) is 14.8. The molecule has 0 radical (unpaired) electrons. The van der Waals surface area contributed by atoms with Crippen molar-refractivity contribution >= 4 is 75.2 Å². The van der Waals surface area contributed by atoms with Gasteiger partial charge in [0.15, 0.2) is 4.33 Å². The molecule has 0 heterocycles. The molecule has 0 fully saturated rings. The summed E-state index contributed by atoms with van der Waals surface area (Å²) in [5, 5.41) is -0.315. The quantitative estimate of drug-likeness (QED) is 0.528. The van der Waals surface area contributed by atoms with E-state index in [0.29, 0.717) is 5.57 Å². The highest BCUT2D eigenvalue weighted by Gasteiger charge is 2.46. The Kier molecular flexibility index (Phi) is 4.48. The molecule has 0 saturated heterocycles. The van der Waals surface area contributed by atoms with Crippen LogP contribution in [0.2, 0.25) is 0 Å². The highest BCUT2D eigenvalue weighted by atomic mass is 35.5. The molecule has 1 aliphatic carbocycles. The molecule has 0 amide bonds. The summed E-state index contributed by atoms with van der Waals surface area (Å²) in [6, 6.07) is 9.20. The fourth-order valence-electron chi connectivity index (χ4n) is 1.68. The summed E-state index contributed by atoms with van der Waals surface area (Å²) in [4.78, 5) is 0. The SMILES string of the molecule is ClC1=C(Cl)C(Cl)C(Cl)(Cl)C(c2ccccc2)=C1Cl. The molecule has 0 saturated carbocycles. The van der Waals surface area contributed by atoms with Crippen LogP contribution < -0.4 is 0 Å². The maximum atomic E-state index is 6.29. The summed E-state index contributed by atoms with van der Waals surface area (Å²) in [5.41, 5.74) is 1.21. The monoisotopic (exact) mass is 360 g/mol. The van der Waals surface area contributed by atoms with Gasteiger partial charge >= 0.3 is 0 Å². The molecular weight excluding hydrogens is 357 g/mol. The zero-order valence-corrected chi connectivity index (χ0v) is 13.3. The fourth-order valence-corrected chi connectivity index (χ4v) is 3.66. The van der Waals surface area contributed by atoms with Crippen molar-refractivity contribution in [3.8, 4) is 0 Å². The molecule has 0 aliphatic heterocycles. The van der Waals surface area contributed by atoms with Gasteiger partial charge in [-0.05, 0) is 5.56 Å². The van der Waals surface area contributed by atoms with E-state index in [1.807, 2.05) is 30.3 Å². The molecule has 6 heteroatoms. The number of hydrogen-bond donors (Lipinski definition) is 0. The molecule has 0 N–H and O–H groups in total. The van der Waals surface area contributed by atoms with Crippen LogP contribution in [-0.4, -0.2) is 9.71 Å². The second-order valence-electron chi connectivity index (χ2n) is 3.70. The number of allylic oxidation sites excluding steroid dienone is 4. The van der Waals surface area contributed by atoms with E-state index >= 15 is 0 Å². The van der Waals surface area contributed by atoms with Crippen molar-refractivity contribution < 1.29 is 0 Å². The normalized spacial score (nSPS) is 23.6. The first-order chi connectivity index (χ1) is 8.37. The average molecular weight is 363 g/mol. The summed E-state index contributed by atoms with van der Waals surface area (Å²) in [5.74, 6) is 0. The average Bonchev–Trinajstić information content (AvgIpc) is 2.35. The van der Waals surface area contributed by atoms with E-state index in [0.717, 1.165) is 5.56 Å². The second-order valence-corrected chi connectivity index (χ2v) is 6.69. The molecule has 1 atom stereocenters. The van der Waals surface area contributed by atoms with Crippen molar-refractivity contribution in [3.63, 3.8) is 0 Å². The Morgan fingerprint density at radius 1 is 0.889 bits per heavy atom. The predicted molar refractivity (Wildman–Crippen MR) is 82.0 cm³/mol. The standard InChI is InChI=1S/C12H6Cl6/c13-8-7(6-4-2-1-3-5-6)12(17,18)11(16)10(15)9(8)14/h1-5,11H. The maximum Gasteiger partial charge on any atom is 0.166 e. The largest absolute Gasteiger partial charge is 0.166 e. The van der Waals surface area contributed by atoms with Crippen LogP contribution in [-0.2, 0) is 0 Å². The van der Waals surface area contributed by atoms with Crippen molar-refractivity contribution in [2.24, 2.45) is 0 Å². The first-order valence-corrected chi connectivity index (χ1v) is 7.23. The molecular formula is C12H6Cl6. The molecule has 0 aromatic heterocycles. The maximum absolute atomic E-state index is 6.29. The molecule has 96 valence electrons. The summed E-state index contributed by atoms with van der Waals surface area (Å²) < 4.78 is -1.44. The minimum Gasteiger partial charge on any atom is -0.113 e. The predicted octanol–water partition coefficient (Wildman–Crippen LogP) is 6.12. The van der Waals surface area contributed by atoms with Crippen LogP contribution in [0, 0.1) is 0 Å². The van der Waals surface area contributed by atoms with Crippen LogP contribution in [0.25, 0.3) is 5.57 Å². The van der Waals surface area contributed by atoms with Crippen LogP contribution in [0.1, 0.15) is 5.56 Å². The van der Waals surface area contributed by atoms with Gasteiger partial charge in [-0.2, -0.15) is 0 Å². The number of benzene rings is 1. The molecule has 1 aliphatic rings. The first-order valence-electron chi connectivity index (χ1n) is 4.90. The topological polar surface area (TPSA) is 0 Å². The van der Waals surface area contributed by atoms with Crippen LogP contribution in [0.4, 0.5) is 0 Å². The second kappa shape index (κ2) is 5.44. The Bertz CT molecular complexity index is 529. The van der Waals surface area contributed by atoms with E-state index in [4.69, 9.17) is 69.6 Å². The highest BCUT2D eigenvalue weighted by molar-refractivity contribution is 6.63. The van der Waals surface area contributed by atoms with Crippen molar-refractivity contribution in [2.45, 2.75) is 9.71 Å². The minimum atomic E-state index is -1.44. The van der Waals surface area contributed by atoms with Gasteiger partial charge in [0.2, 0.25) is 0 Å². The summed E-state index contributed by atoms with van der Waals surface area (Å²) in [6.07, 6.45) is 0. The zero-order chi connectivity index (χ0) is 13.5. The van der Waals surface area contributed by atoms with Gasteiger partial charge in [0.1, 0.15) is 5.38 Å². The highest BCUT2D eigenvalue weighted by Crippen LogP contribution is 2.54.